The normalized spacial score (nSPS) is 19.2. The van der Waals surface area contributed by atoms with Crippen LogP contribution in [0.4, 0.5) is 5.82 Å². The number of fused-ring (bicyclic) bond motifs is 1. The molecule has 0 radical (unpaired) electrons. The summed E-state index contributed by atoms with van der Waals surface area (Å²) in [6.45, 7) is 5.18. The van der Waals surface area contributed by atoms with Gasteiger partial charge in [-0.15, -0.1) is 0 Å². The molecule has 12 nitrogen and oxygen atoms in total. The number of morpholine rings is 1. The van der Waals surface area contributed by atoms with Crippen molar-refractivity contribution in [1.29, 1.82) is 0 Å². The van der Waals surface area contributed by atoms with Crippen LogP contribution in [0, 0.1) is 6.92 Å². The Morgan fingerprint density at radius 2 is 1.83 bits per heavy atom. The van der Waals surface area contributed by atoms with E-state index in [1.165, 1.54) is 0 Å². The fraction of sp³-hybridized carbons (Fsp3) is 0.448. The van der Waals surface area contributed by atoms with Crippen molar-refractivity contribution in [3.63, 3.8) is 0 Å². The summed E-state index contributed by atoms with van der Waals surface area (Å²) in [5.74, 6) is 2.87. The number of anilines is 1. The van der Waals surface area contributed by atoms with Crippen LogP contribution in [-0.4, -0.2) is 73.8 Å². The summed E-state index contributed by atoms with van der Waals surface area (Å²) in [6.07, 6.45) is 9.82. The maximum Gasteiger partial charge on any atom is 0.289 e. The maximum absolute atomic E-state index is 12.5. The fourth-order valence-electron chi connectivity index (χ4n) is 5.17. The largest absolute Gasteiger partial charge is 0.486 e. The van der Waals surface area contributed by atoms with Crippen LogP contribution in [-0.2, 0) is 18.4 Å². The van der Waals surface area contributed by atoms with Crippen molar-refractivity contribution in [2.24, 2.45) is 7.05 Å². The molecule has 4 aromatic rings. The number of hydrogen-bond donors (Lipinski definition) is 1. The molecular formula is C29H34N8O4. The Kier molecular flexibility index (Phi) is 7.90. The first-order valence-electron chi connectivity index (χ1n) is 14.0. The van der Waals surface area contributed by atoms with Gasteiger partial charge in [-0.2, -0.15) is 4.98 Å². The van der Waals surface area contributed by atoms with E-state index in [0.29, 0.717) is 31.5 Å². The first-order chi connectivity index (χ1) is 20.0. The van der Waals surface area contributed by atoms with E-state index in [4.69, 9.17) is 24.2 Å². The fourth-order valence-corrected chi connectivity index (χ4v) is 5.17. The molecule has 214 valence electrons. The molecule has 0 spiro atoms. The van der Waals surface area contributed by atoms with Gasteiger partial charge >= 0.3 is 0 Å². The number of carbonyl (C=O) groups is 1. The number of amides is 1. The molecule has 0 unspecified atom stereocenters. The molecule has 1 saturated carbocycles. The highest BCUT2D eigenvalue weighted by Crippen LogP contribution is 2.33. The Morgan fingerprint density at radius 1 is 1.05 bits per heavy atom. The Balaban J connectivity index is 1.18. The summed E-state index contributed by atoms with van der Waals surface area (Å²) < 4.78 is 20.2. The first-order valence-corrected chi connectivity index (χ1v) is 14.0. The van der Waals surface area contributed by atoms with Crippen molar-refractivity contribution in [2.75, 3.05) is 31.2 Å². The summed E-state index contributed by atoms with van der Waals surface area (Å²) >= 11 is 0. The third-order valence-corrected chi connectivity index (χ3v) is 7.70. The number of carbonyl (C=O) groups excluding carboxylic acids is 1. The van der Waals surface area contributed by atoms with Gasteiger partial charge < -0.3 is 29.0 Å². The molecule has 41 heavy (non-hydrogen) atoms. The van der Waals surface area contributed by atoms with Gasteiger partial charge in [0.25, 0.3) is 5.91 Å². The van der Waals surface area contributed by atoms with Crippen LogP contribution in [0.5, 0.6) is 11.6 Å². The Labute approximate surface area is 238 Å². The van der Waals surface area contributed by atoms with E-state index < -0.39 is 0 Å². The van der Waals surface area contributed by atoms with Crippen molar-refractivity contribution < 1.29 is 19.0 Å². The smallest absolute Gasteiger partial charge is 0.289 e. The highest BCUT2D eigenvalue weighted by Gasteiger charge is 2.26. The van der Waals surface area contributed by atoms with Crippen molar-refractivity contribution >= 4 is 22.6 Å². The molecule has 1 amide bonds. The molecule has 0 atom stereocenters. The molecule has 2 fully saturated rings. The van der Waals surface area contributed by atoms with E-state index in [2.05, 4.69) is 25.2 Å². The summed E-state index contributed by atoms with van der Waals surface area (Å²) in [5, 5.41) is 3.86. The number of ether oxygens (including phenoxy) is 3. The number of nitrogens with one attached hydrogen (secondary N) is 1. The standard InChI is InChI=1S/C29H34N8O4/c1-19-32-16-21(36(19)2)18-40-23-14-24-25(33-17-23)15-26(37-10-12-39-13-11-37)35-29(24)41-22-6-4-20(5-7-22)34-28(38)27-30-8-3-9-31-27/h3,8-9,14-17,20,22H,4-7,10-13,18H2,1-2H3,(H,34,38)/t20-,22+. The Bertz CT molecular complexity index is 1500. The van der Waals surface area contributed by atoms with Gasteiger partial charge in [-0.1, -0.05) is 0 Å². The van der Waals surface area contributed by atoms with E-state index in [-0.39, 0.29) is 23.9 Å². The summed E-state index contributed by atoms with van der Waals surface area (Å²) in [5.41, 5.74) is 1.77. The number of imidazole rings is 1. The van der Waals surface area contributed by atoms with Gasteiger partial charge in [-0.25, -0.2) is 15.0 Å². The second-order valence-corrected chi connectivity index (χ2v) is 10.4. The lowest BCUT2D eigenvalue weighted by molar-refractivity contribution is 0.0881. The summed E-state index contributed by atoms with van der Waals surface area (Å²) in [6, 6.07) is 5.69. The van der Waals surface area contributed by atoms with Crippen LogP contribution in [0.1, 0.15) is 47.8 Å². The minimum Gasteiger partial charge on any atom is -0.486 e. The molecule has 6 rings (SSSR count). The lowest BCUT2D eigenvalue weighted by Gasteiger charge is -2.31. The zero-order valence-corrected chi connectivity index (χ0v) is 23.3. The van der Waals surface area contributed by atoms with E-state index >= 15 is 0 Å². The van der Waals surface area contributed by atoms with Crippen molar-refractivity contribution in [2.45, 2.75) is 51.4 Å². The highest BCUT2D eigenvalue weighted by atomic mass is 16.5. The molecule has 5 heterocycles. The van der Waals surface area contributed by atoms with Gasteiger partial charge in [-0.05, 0) is 44.7 Å². The third-order valence-electron chi connectivity index (χ3n) is 7.70. The lowest BCUT2D eigenvalue weighted by Crippen LogP contribution is -2.40. The van der Waals surface area contributed by atoms with Crippen LogP contribution >= 0.6 is 0 Å². The topological polar surface area (TPSA) is 129 Å². The van der Waals surface area contributed by atoms with Crippen LogP contribution in [0.3, 0.4) is 0 Å². The zero-order valence-electron chi connectivity index (χ0n) is 23.3. The van der Waals surface area contributed by atoms with Gasteiger partial charge in [0, 0.05) is 44.6 Å². The third kappa shape index (κ3) is 6.22. The zero-order chi connectivity index (χ0) is 28.2. The lowest BCUT2D eigenvalue weighted by atomic mass is 9.93. The van der Waals surface area contributed by atoms with Crippen LogP contribution in [0.2, 0.25) is 0 Å². The first kappa shape index (κ1) is 26.9. The SMILES string of the molecule is Cc1ncc(COc2cnc3cc(N4CCOCC4)nc(O[C@H]4CC[C@@H](NC(=O)c5ncccn5)CC4)c3c2)n1C. The maximum atomic E-state index is 12.5. The van der Waals surface area contributed by atoms with Crippen LogP contribution in [0.15, 0.2) is 43.0 Å². The number of aromatic nitrogens is 6. The van der Waals surface area contributed by atoms with Gasteiger partial charge in [0.1, 0.15) is 30.1 Å². The molecule has 2 aliphatic rings. The highest BCUT2D eigenvalue weighted by molar-refractivity contribution is 5.90. The second-order valence-electron chi connectivity index (χ2n) is 10.4. The second kappa shape index (κ2) is 12.0. The summed E-state index contributed by atoms with van der Waals surface area (Å²) in [4.78, 5) is 36.8. The van der Waals surface area contributed by atoms with E-state index in [1.54, 1.807) is 24.7 Å². The molecule has 12 heteroatoms. The van der Waals surface area contributed by atoms with Gasteiger partial charge in [0.05, 0.1) is 42.2 Å². The number of pyridine rings is 2. The number of aryl methyl sites for hydroxylation is 1. The Hall–Kier alpha value is -4.32. The van der Waals surface area contributed by atoms with Crippen LogP contribution in [0.25, 0.3) is 10.9 Å². The van der Waals surface area contributed by atoms with Crippen LogP contribution < -0.4 is 19.7 Å². The van der Waals surface area contributed by atoms with Crippen molar-refractivity contribution in [1.82, 2.24) is 34.8 Å². The Morgan fingerprint density at radius 3 is 2.56 bits per heavy atom. The monoisotopic (exact) mass is 558 g/mol. The number of hydrogen-bond acceptors (Lipinski definition) is 10. The van der Waals surface area contributed by atoms with Gasteiger partial charge in [-0.3, -0.25) is 9.78 Å². The number of rotatable bonds is 8. The summed E-state index contributed by atoms with van der Waals surface area (Å²) in [7, 11) is 1.97. The average Bonchev–Trinajstić information content (AvgIpc) is 3.34. The molecule has 1 N–H and O–H groups in total. The van der Waals surface area contributed by atoms with Crippen molar-refractivity contribution in [3.8, 4) is 11.6 Å². The van der Waals surface area contributed by atoms with E-state index in [0.717, 1.165) is 67.0 Å². The predicted molar refractivity (Wildman–Crippen MR) is 151 cm³/mol. The molecular weight excluding hydrogens is 524 g/mol. The van der Waals surface area contributed by atoms with Gasteiger partial charge in [0.15, 0.2) is 0 Å². The van der Waals surface area contributed by atoms with Gasteiger partial charge in [0.2, 0.25) is 11.7 Å². The number of nitrogens with zero attached hydrogens (tertiary/aromatic N) is 7. The quantitative estimate of drug-likeness (QED) is 0.344. The average molecular weight is 559 g/mol. The van der Waals surface area contributed by atoms with E-state index in [9.17, 15) is 4.79 Å². The molecule has 0 aromatic carbocycles. The van der Waals surface area contributed by atoms with E-state index in [1.807, 2.05) is 36.9 Å². The molecule has 1 saturated heterocycles. The molecule has 1 aliphatic heterocycles. The van der Waals surface area contributed by atoms with Crippen molar-refractivity contribution in [3.05, 3.63) is 60.3 Å². The molecule has 1 aliphatic carbocycles. The molecule has 0 bridgehead atoms. The predicted octanol–water partition coefficient (Wildman–Crippen LogP) is 3.00. The minimum absolute atomic E-state index is 0.0336. The molecule has 4 aromatic heterocycles. The minimum atomic E-state index is -0.249.